The van der Waals surface area contributed by atoms with Crippen molar-refractivity contribution in [3.05, 3.63) is 58.3 Å². The minimum atomic E-state index is -0.563. The van der Waals surface area contributed by atoms with Crippen LogP contribution in [-0.4, -0.2) is 5.91 Å². The fourth-order valence-electron chi connectivity index (χ4n) is 2.09. The first kappa shape index (κ1) is 12.2. The van der Waals surface area contributed by atoms with Crippen molar-refractivity contribution in [2.75, 3.05) is 10.6 Å². The Labute approximate surface area is 118 Å². The molecule has 1 unspecified atom stereocenters. The fourth-order valence-corrected chi connectivity index (χ4v) is 2.35. The second kappa shape index (κ2) is 4.66. The molecule has 19 heavy (non-hydrogen) atoms. The first-order chi connectivity index (χ1) is 9.13. The molecular formula is C14H10BrFN2O. The maximum Gasteiger partial charge on any atom is 0.251 e. The van der Waals surface area contributed by atoms with Gasteiger partial charge in [-0.25, -0.2) is 4.39 Å². The fraction of sp³-hybridized carbons (Fsp3) is 0.0714. The third-order valence-corrected chi connectivity index (χ3v) is 3.53. The highest BCUT2D eigenvalue weighted by Gasteiger charge is 2.30. The Morgan fingerprint density at radius 1 is 1.16 bits per heavy atom. The van der Waals surface area contributed by atoms with Gasteiger partial charge in [-0.2, -0.15) is 0 Å². The van der Waals surface area contributed by atoms with Crippen LogP contribution in [0.4, 0.5) is 15.8 Å². The van der Waals surface area contributed by atoms with Crippen molar-refractivity contribution >= 4 is 33.2 Å². The lowest BCUT2D eigenvalue weighted by atomic mass is 10.1. The van der Waals surface area contributed by atoms with Crippen molar-refractivity contribution in [2.24, 2.45) is 0 Å². The SMILES string of the molecule is O=C1Nc2ccc(F)cc2C1Nc1ccc(Br)cc1. The summed E-state index contributed by atoms with van der Waals surface area (Å²) in [5.41, 5.74) is 2.09. The van der Waals surface area contributed by atoms with Gasteiger partial charge in [0, 0.05) is 21.4 Å². The van der Waals surface area contributed by atoms with Crippen molar-refractivity contribution in [1.82, 2.24) is 0 Å². The van der Waals surface area contributed by atoms with E-state index in [1.54, 1.807) is 6.07 Å². The van der Waals surface area contributed by atoms with Gasteiger partial charge < -0.3 is 10.6 Å². The molecule has 0 radical (unpaired) electrons. The molecule has 96 valence electrons. The summed E-state index contributed by atoms with van der Waals surface area (Å²) >= 11 is 3.35. The molecule has 3 nitrogen and oxygen atoms in total. The monoisotopic (exact) mass is 320 g/mol. The Balaban J connectivity index is 1.91. The number of rotatable bonds is 2. The predicted octanol–water partition coefficient (Wildman–Crippen LogP) is 3.69. The Bertz CT molecular complexity index is 642. The second-order valence-corrected chi connectivity index (χ2v) is 5.22. The van der Waals surface area contributed by atoms with Crippen molar-refractivity contribution in [1.29, 1.82) is 0 Å². The molecule has 0 fully saturated rings. The Hall–Kier alpha value is -1.88. The Kier molecular flexibility index (Phi) is 2.98. The summed E-state index contributed by atoms with van der Waals surface area (Å²) in [6.45, 7) is 0. The van der Waals surface area contributed by atoms with Crippen LogP contribution in [0.15, 0.2) is 46.9 Å². The minimum Gasteiger partial charge on any atom is -0.370 e. The van der Waals surface area contributed by atoms with E-state index in [1.165, 1.54) is 12.1 Å². The third-order valence-electron chi connectivity index (χ3n) is 3.00. The minimum absolute atomic E-state index is 0.177. The van der Waals surface area contributed by atoms with Crippen LogP contribution in [0.1, 0.15) is 11.6 Å². The average molecular weight is 321 g/mol. The van der Waals surface area contributed by atoms with E-state index in [2.05, 4.69) is 26.6 Å². The van der Waals surface area contributed by atoms with E-state index in [0.717, 1.165) is 10.2 Å². The van der Waals surface area contributed by atoms with E-state index < -0.39 is 6.04 Å². The lowest BCUT2D eigenvalue weighted by molar-refractivity contribution is -0.116. The smallest absolute Gasteiger partial charge is 0.251 e. The molecule has 1 atom stereocenters. The summed E-state index contributed by atoms with van der Waals surface area (Å²) in [4.78, 5) is 11.9. The first-order valence-corrected chi connectivity index (χ1v) is 6.55. The zero-order chi connectivity index (χ0) is 13.4. The zero-order valence-corrected chi connectivity index (χ0v) is 11.4. The molecule has 0 saturated carbocycles. The van der Waals surface area contributed by atoms with E-state index in [-0.39, 0.29) is 11.7 Å². The molecule has 1 heterocycles. The first-order valence-electron chi connectivity index (χ1n) is 5.76. The molecule has 3 rings (SSSR count). The Morgan fingerprint density at radius 2 is 1.89 bits per heavy atom. The van der Waals surface area contributed by atoms with Crippen LogP contribution < -0.4 is 10.6 Å². The van der Waals surface area contributed by atoms with Crippen molar-refractivity contribution in [2.45, 2.75) is 6.04 Å². The van der Waals surface area contributed by atoms with Crippen LogP contribution in [0.25, 0.3) is 0 Å². The summed E-state index contributed by atoms with van der Waals surface area (Å²) in [5.74, 6) is -0.527. The third kappa shape index (κ3) is 2.33. The number of nitrogens with one attached hydrogen (secondary N) is 2. The second-order valence-electron chi connectivity index (χ2n) is 4.31. The van der Waals surface area contributed by atoms with Gasteiger partial charge in [-0.1, -0.05) is 15.9 Å². The summed E-state index contributed by atoms with van der Waals surface area (Å²) < 4.78 is 14.2. The van der Waals surface area contributed by atoms with Crippen LogP contribution in [0, 0.1) is 5.82 Å². The molecule has 0 bridgehead atoms. The van der Waals surface area contributed by atoms with Crippen LogP contribution in [-0.2, 0) is 4.79 Å². The molecule has 1 aliphatic heterocycles. The number of hydrogen-bond acceptors (Lipinski definition) is 2. The van der Waals surface area contributed by atoms with Gasteiger partial charge in [0.2, 0.25) is 0 Å². The molecule has 1 amide bonds. The average Bonchev–Trinajstić information content (AvgIpc) is 2.69. The summed E-state index contributed by atoms with van der Waals surface area (Å²) in [5, 5.41) is 5.83. The van der Waals surface area contributed by atoms with Crippen LogP contribution >= 0.6 is 15.9 Å². The Morgan fingerprint density at radius 3 is 2.63 bits per heavy atom. The predicted molar refractivity (Wildman–Crippen MR) is 75.5 cm³/mol. The number of carbonyl (C=O) groups excluding carboxylic acids is 1. The standard InChI is InChI=1S/C14H10BrFN2O/c15-8-1-4-10(5-2-8)17-13-11-7-9(16)3-6-12(11)18-14(13)19/h1-7,13,17H,(H,18,19). The van der Waals surface area contributed by atoms with Gasteiger partial charge in [-0.05, 0) is 42.5 Å². The van der Waals surface area contributed by atoms with E-state index in [1.807, 2.05) is 24.3 Å². The van der Waals surface area contributed by atoms with E-state index in [0.29, 0.717) is 11.3 Å². The van der Waals surface area contributed by atoms with Gasteiger partial charge >= 0.3 is 0 Å². The topological polar surface area (TPSA) is 41.1 Å². The molecule has 1 aliphatic rings. The molecule has 0 aliphatic carbocycles. The zero-order valence-electron chi connectivity index (χ0n) is 9.78. The van der Waals surface area contributed by atoms with E-state index >= 15 is 0 Å². The lowest BCUT2D eigenvalue weighted by Crippen LogP contribution is -2.19. The van der Waals surface area contributed by atoms with Crippen molar-refractivity contribution < 1.29 is 9.18 Å². The number of benzene rings is 2. The quantitative estimate of drug-likeness (QED) is 0.886. The molecule has 0 spiro atoms. The van der Waals surface area contributed by atoms with Gasteiger partial charge in [-0.15, -0.1) is 0 Å². The number of halogens is 2. The summed E-state index contributed by atoms with van der Waals surface area (Å²) in [7, 11) is 0. The van der Waals surface area contributed by atoms with E-state index in [4.69, 9.17) is 0 Å². The molecule has 0 aromatic heterocycles. The van der Waals surface area contributed by atoms with Crippen molar-refractivity contribution in [3.63, 3.8) is 0 Å². The molecule has 0 saturated heterocycles. The normalized spacial score (nSPS) is 16.9. The number of fused-ring (bicyclic) bond motifs is 1. The number of amides is 1. The highest BCUT2D eigenvalue weighted by molar-refractivity contribution is 9.10. The van der Waals surface area contributed by atoms with Gasteiger partial charge in [0.25, 0.3) is 5.91 Å². The summed E-state index contributed by atoms with van der Waals surface area (Å²) in [6, 6.07) is 11.2. The van der Waals surface area contributed by atoms with Gasteiger partial charge in [0.15, 0.2) is 0 Å². The molecular weight excluding hydrogens is 311 g/mol. The lowest BCUT2D eigenvalue weighted by Gasteiger charge is -2.13. The van der Waals surface area contributed by atoms with Gasteiger partial charge in [0.05, 0.1) is 0 Å². The maximum absolute atomic E-state index is 13.3. The van der Waals surface area contributed by atoms with Crippen LogP contribution in [0.2, 0.25) is 0 Å². The molecule has 2 N–H and O–H groups in total. The van der Waals surface area contributed by atoms with Crippen molar-refractivity contribution in [3.8, 4) is 0 Å². The van der Waals surface area contributed by atoms with Crippen LogP contribution in [0.3, 0.4) is 0 Å². The highest BCUT2D eigenvalue weighted by Crippen LogP contribution is 2.33. The maximum atomic E-state index is 13.3. The molecule has 2 aromatic carbocycles. The highest BCUT2D eigenvalue weighted by atomic mass is 79.9. The van der Waals surface area contributed by atoms with Gasteiger partial charge in [-0.3, -0.25) is 4.79 Å². The van der Waals surface area contributed by atoms with Crippen LogP contribution in [0.5, 0.6) is 0 Å². The molecule has 2 aromatic rings. The van der Waals surface area contributed by atoms with E-state index in [9.17, 15) is 9.18 Å². The molecule has 5 heteroatoms. The summed E-state index contributed by atoms with van der Waals surface area (Å²) in [6.07, 6.45) is 0. The number of anilines is 2. The number of carbonyl (C=O) groups is 1. The number of hydrogen-bond donors (Lipinski definition) is 2. The largest absolute Gasteiger partial charge is 0.370 e. The van der Waals surface area contributed by atoms with Gasteiger partial charge in [0.1, 0.15) is 11.9 Å².